The van der Waals surface area contributed by atoms with Crippen molar-refractivity contribution in [1.29, 1.82) is 0 Å². The van der Waals surface area contributed by atoms with Gasteiger partial charge in [0.2, 0.25) is 0 Å². The molecule has 0 amide bonds. The van der Waals surface area contributed by atoms with E-state index >= 15 is 0 Å². The van der Waals surface area contributed by atoms with Crippen LogP contribution in [0, 0.1) is 12.8 Å². The fourth-order valence-electron chi connectivity index (χ4n) is 6.35. The second-order valence-corrected chi connectivity index (χ2v) is 11.1. The van der Waals surface area contributed by atoms with Gasteiger partial charge in [0, 0.05) is 23.7 Å². The van der Waals surface area contributed by atoms with E-state index in [1.807, 2.05) is 0 Å². The number of rotatable bonds is 7. The highest BCUT2D eigenvalue weighted by Crippen LogP contribution is 2.37. The minimum Gasteiger partial charge on any atom is -0.322 e. The first-order valence-corrected chi connectivity index (χ1v) is 13.7. The zero-order valence-corrected chi connectivity index (χ0v) is 21.5. The van der Waals surface area contributed by atoms with E-state index in [1.165, 1.54) is 51.4 Å². The standard InChI is InChI=1S/C28H40N6O/c1-19(2)26(27-30-31-32-34(27)24-12-8-5-9-13-24)33(23-10-6-4-7-11-23)18-22-17-21-15-14-20(3)16-25(21)29-28(22)35/h14-17,19,23-24,26H,4-13,18H2,1-3H3,(H,29,35)/t26-/m0/s1. The van der Waals surface area contributed by atoms with Gasteiger partial charge in [0.25, 0.3) is 5.56 Å². The Morgan fingerprint density at radius 2 is 1.74 bits per heavy atom. The Morgan fingerprint density at radius 3 is 2.46 bits per heavy atom. The summed E-state index contributed by atoms with van der Waals surface area (Å²) in [7, 11) is 0. The van der Waals surface area contributed by atoms with E-state index in [0.29, 0.717) is 24.5 Å². The van der Waals surface area contributed by atoms with E-state index in [-0.39, 0.29) is 11.6 Å². The van der Waals surface area contributed by atoms with Crippen molar-refractivity contribution in [2.24, 2.45) is 5.92 Å². The summed E-state index contributed by atoms with van der Waals surface area (Å²) in [6, 6.07) is 9.25. The van der Waals surface area contributed by atoms with E-state index in [2.05, 4.69) is 75.1 Å². The molecule has 1 N–H and O–H groups in total. The normalized spacial score (nSPS) is 19.1. The molecule has 2 aliphatic carbocycles. The second-order valence-electron chi connectivity index (χ2n) is 11.1. The number of fused-ring (bicyclic) bond motifs is 1. The zero-order valence-electron chi connectivity index (χ0n) is 21.5. The van der Waals surface area contributed by atoms with Crippen molar-refractivity contribution in [3.8, 4) is 0 Å². The van der Waals surface area contributed by atoms with Crippen LogP contribution in [0.5, 0.6) is 0 Å². The first kappa shape index (κ1) is 24.2. The maximum Gasteiger partial charge on any atom is 0.252 e. The molecule has 188 valence electrons. The van der Waals surface area contributed by atoms with Crippen LogP contribution in [0.25, 0.3) is 10.9 Å². The Balaban J connectivity index is 1.54. The first-order valence-electron chi connectivity index (χ1n) is 13.7. The van der Waals surface area contributed by atoms with Gasteiger partial charge >= 0.3 is 0 Å². The second kappa shape index (κ2) is 10.6. The van der Waals surface area contributed by atoms with Gasteiger partial charge in [-0.25, -0.2) is 4.68 Å². The number of hydrogen-bond acceptors (Lipinski definition) is 5. The summed E-state index contributed by atoms with van der Waals surface area (Å²) in [4.78, 5) is 18.9. The topological polar surface area (TPSA) is 79.7 Å². The Kier molecular flexibility index (Phi) is 7.32. The number of nitrogens with one attached hydrogen (secondary N) is 1. The third-order valence-corrected chi connectivity index (χ3v) is 8.17. The molecule has 0 saturated heterocycles. The van der Waals surface area contributed by atoms with E-state index in [9.17, 15) is 4.79 Å². The molecule has 7 nitrogen and oxygen atoms in total. The molecule has 3 aromatic rings. The number of pyridine rings is 1. The molecule has 0 aliphatic heterocycles. The van der Waals surface area contributed by atoms with Crippen molar-refractivity contribution in [3.05, 3.63) is 51.6 Å². The van der Waals surface area contributed by atoms with Crippen molar-refractivity contribution in [2.45, 2.75) is 110 Å². The lowest BCUT2D eigenvalue weighted by Crippen LogP contribution is -2.43. The summed E-state index contributed by atoms with van der Waals surface area (Å²) >= 11 is 0. The number of aryl methyl sites for hydroxylation is 1. The van der Waals surface area contributed by atoms with Crippen LogP contribution < -0.4 is 5.56 Å². The number of aromatic amines is 1. The lowest BCUT2D eigenvalue weighted by Gasteiger charge is -2.41. The molecule has 0 bridgehead atoms. The summed E-state index contributed by atoms with van der Waals surface area (Å²) in [5.74, 6) is 1.30. The monoisotopic (exact) mass is 476 g/mol. The predicted octanol–water partition coefficient (Wildman–Crippen LogP) is 5.86. The molecule has 2 saturated carbocycles. The SMILES string of the molecule is Cc1ccc2cc(CN(C3CCCCC3)[C@H](c3nnnn3C3CCCCC3)C(C)C)c(=O)[nH]c2c1. The van der Waals surface area contributed by atoms with Crippen LogP contribution in [0.2, 0.25) is 0 Å². The van der Waals surface area contributed by atoms with Crippen molar-refractivity contribution in [2.75, 3.05) is 0 Å². The molecule has 2 aromatic heterocycles. The molecule has 2 fully saturated rings. The van der Waals surface area contributed by atoms with Gasteiger partial charge in [-0.2, -0.15) is 0 Å². The first-order chi connectivity index (χ1) is 17.0. The lowest BCUT2D eigenvalue weighted by molar-refractivity contribution is 0.0590. The molecule has 0 radical (unpaired) electrons. The Morgan fingerprint density at radius 1 is 1.03 bits per heavy atom. The molecule has 1 atom stereocenters. The van der Waals surface area contributed by atoms with Gasteiger partial charge in [-0.3, -0.25) is 9.69 Å². The molecular weight excluding hydrogens is 436 g/mol. The summed E-state index contributed by atoms with van der Waals surface area (Å²) < 4.78 is 2.13. The van der Waals surface area contributed by atoms with E-state index in [4.69, 9.17) is 0 Å². The van der Waals surface area contributed by atoms with Crippen LogP contribution in [0.3, 0.4) is 0 Å². The van der Waals surface area contributed by atoms with Gasteiger partial charge in [-0.15, -0.1) is 5.10 Å². The molecule has 2 heterocycles. The van der Waals surface area contributed by atoms with Gasteiger partial charge in [0.15, 0.2) is 5.82 Å². The fraction of sp³-hybridized carbons (Fsp3) is 0.643. The van der Waals surface area contributed by atoms with Crippen LogP contribution in [-0.2, 0) is 6.54 Å². The van der Waals surface area contributed by atoms with Crippen LogP contribution in [0.4, 0.5) is 0 Å². The summed E-state index contributed by atoms with van der Waals surface area (Å²) in [6.07, 6.45) is 12.2. The molecule has 2 aliphatic rings. The number of nitrogens with zero attached hydrogens (tertiary/aromatic N) is 5. The predicted molar refractivity (Wildman–Crippen MR) is 139 cm³/mol. The molecule has 7 heteroatoms. The number of hydrogen-bond donors (Lipinski definition) is 1. The average molecular weight is 477 g/mol. The fourth-order valence-corrected chi connectivity index (χ4v) is 6.35. The quantitative estimate of drug-likeness (QED) is 0.462. The van der Waals surface area contributed by atoms with Gasteiger partial charge in [0.1, 0.15) is 0 Å². The summed E-state index contributed by atoms with van der Waals surface area (Å²) in [5, 5.41) is 14.4. The molecule has 1 aromatic carbocycles. The lowest BCUT2D eigenvalue weighted by atomic mass is 9.89. The highest BCUT2D eigenvalue weighted by Gasteiger charge is 2.36. The zero-order chi connectivity index (χ0) is 24.4. The van der Waals surface area contributed by atoms with Crippen molar-refractivity contribution >= 4 is 10.9 Å². The number of tetrazole rings is 1. The highest BCUT2D eigenvalue weighted by molar-refractivity contribution is 5.79. The van der Waals surface area contributed by atoms with Crippen LogP contribution in [0.1, 0.15) is 107 Å². The Bertz CT molecular complexity index is 1190. The molecule has 0 unspecified atom stereocenters. The number of benzene rings is 1. The van der Waals surface area contributed by atoms with Crippen LogP contribution in [0.15, 0.2) is 29.1 Å². The van der Waals surface area contributed by atoms with Crippen LogP contribution >= 0.6 is 0 Å². The minimum absolute atomic E-state index is 0.0123. The number of aromatic nitrogens is 5. The van der Waals surface area contributed by atoms with Gasteiger partial charge in [0.05, 0.1) is 12.1 Å². The highest BCUT2D eigenvalue weighted by atomic mass is 16.1. The van der Waals surface area contributed by atoms with Gasteiger partial charge in [-0.1, -0.05) is 64.5 Å². The van der Waals surface area contributed by atoms with E-state index < -0.39 is 0 Å². The van der Waals surface area contributed by atoms with Crippen molar-refractivity contribution in [1.82, 2.24) is 30.1 Å². The summed E-state index contributed by atoms with van der Waals surface area (Å²) in [5.41, 5.74) is 2.90. The van der Waals surface area contributed by atoms with Crippen molar-refractivity contribution < 1.29 is 0 Å². The Labute approximate surface area is 208 Å². The average Bonchev–Trinajstić information content (AvgIpc) is 3.34. The third kappa shape index (κ3) is 5.20. The molecule has 35 heavy (non-hydrogen) atoms. The van der Waals surface area contributed by atoms with Crippen LogP contribution in [-0.4, -0.2) is 36.1 Å². The third-order valence-electron chi connectivity index (χ3n) is 8.17. The maximum atomic E-state index is 13.2. The smallest absolute Gasteiger partial charge is 0.252 e. The largest absolute Gasteiger partial charge is 0.322 e. The number of H-pyrrole nitrogens is 1. The molecular formula is C28H40N6O. The molecule has 0 spiro atoms. The maximum absolute atomic E-state index is 13.2. The van der Waals surface area contributed by atoms with E-state index in [1.54, 1.807) is 0 Å². The minimum atomic E-state index is 0.0123. The summed E-state index contributed by atoms with van der Waals surface area (Å²) in [6.45, 7) is 7.21. The molecule has 5 rings (SSSR count). The van der Waals surface area contributed by atoms with Gasteiger partial charge < -0.3 is 4.98 Å². The van der Waals surface area contributed by atoms with Gasteiger partial charge in [-0.05, 0) is 72.0 Å². The van der Waals surface area contributed by atoms with Crippen molar-refractivity contribution in [3.63, 3.8) is 0 Å². The van der Waals surface area contributed by atoms with E-state index in [0.717, 1.165) is 40.7 Å². The Hall–Kier alpha value is -2.54.